The molecule has 0 heterocycles. The fourth-order valence-corrected chi connectivity index (χ4v) is 1.19. The van der Waals surface area contributed by atoms with E-state index in [-0.39, 0.29) is 0 Å². The number of hydrogen-bond donors (Lipinski definition) is 1. The number of carboxylic acid groups (broad SMARTS) is 1. The average Bonchev–Trinajstić information content (AvgIpc) is 2.16. The molecule has 74 valence electrons. The number of aryl methyl sites for hydroxylation is 1. The van der Waals surface area contributed by atoms with E-state index in [0.29, 0.717) is 4.99 Å². The van der Waals surface area contributed by atoms with Crippen LogP contribution < -0.4 is 0 Å². The largest absolute Gasteiger partial charge is 0.465 e. The van der Waals surface area contributed by atoms with E-state index in [1.54, 1.807) is 0 Å². The lowest BCUT2D eigenvalue weighted by Crippen LogP contribution is -2.30. The molecule has 0 saturated heterocycles. The summed E-state index contributed by atoms with van der Waals surface area (Å²) in [5.74, 6) is 0. The van der Waals surface area contributed by atoms with Crippen molar-refractivity contribution < 1.29 is 9.90 Å². The molecule has 0 radical (unpaired) electrons. The second-order valence-electron chi connectivity index (χ2n) is 3.01. The molecule has 0 aliphatic heterocycles. The molecule has 1 aromatic carbocycles. The molecule has 3 nitrogen and oxygen atoms in total. The molecule has 0 saturated carbocycles. The molecule has 0 aromatic heterocycles. The van der Waals surface area contributed by atoms with Crippen LogP contribution >= 0.6 is 12.2 Å². The fraction of sp³-hybridized carbons (Fsp3) is 0.200. The van der Waals surface area contributed by atoms with Crippen LogP contribution in [-0.4, -0.2) is 28.1 Å². The van der Waals surface area contributed by atoms with Gasteiger partial charge in [-0.2, -0.15) is 0 Å². The van der Waals surface area contributed by atoms with Gasteiger partial charge in [-0.05, 0) is 6.92 Å². The second kappa shape index (κ2) is 4.19. The van der Waals surface area contributed by atoms with Gasteiger partial charge < -0.3 is 5.11 Å². The summed E-state index contributed by atoms with van der Waals surface area (Å²) < 4.78 is 0. The summed E-state index contributed by atoms with van der Waals surface area (Å²) in [4.78, 5) is 12.0. The van der Waals surface area contributed by atoms with Crippen LogP contribution in [0.1, 0.15) is 11.1 Å². The lowest BCUT2D eigenvalue weighted by molar-refractivity contribution is 0.176. The van der Waals surface area contributed by atoms with Gasteiger partial charge in [-0.3, -0.25) is 4.90 Å². The number of thiocarbonyl (C=S) groups is 1. The quantitative estimate of drug-likeness (QED) is 0.721. The number of amides is 1. The van der Waals surface area contributed by atoms with Crippen LogP contribution in [0.3, 0.4) is 0 Å². The smallest absolute Gasteiger partial charge is 0.412 e. The van der Waals surface area contributed by atoms with Crippen molar-refractivity contribution in [1.29, 1.82) is 0 Å². The van der Waals surface area contributed by atoms with Crippen molar-refractivity contribution in [3.8, 4) is 0 Å². The normalized spacial score (nSPS) is 9.57. The molecule has 1 amide bonds. The monoisotopic (exact) mass is 209 g/mol. The SMILES string of the molecule is Cc1ccc(C(=S)N(C)C(=O)O)cc1. The Balaban J connectivity index is 2.90. The van der Waals surface area contributed by atoms with Crippen molar-refractivity contribution >= 4 is 23.3 Å². The van der Waals surface area contributed by atoms with Crippen LogP contribution in [0.5, 0.6) is 0 Å². The van der Waals surface area contributed by atoms with Crippen molar-refractivity contribution in [3.05, 3.63) is 35.4 Å². The first-order valence-electron chi connectivity index (χ1n) is 4.10. The minimum absolute atomic E-state index is 0.317. The first kappa shape index (κ1) is 10.7. The maximum Gasteiger partial charge on any atom is 0.412 e. The molecule has 0 fully saturated rings. The van der Waals surface area contributed by atoms with Gasteiger partial charge in [0.05, 0.1) is 0 Å². The Hall–Kier alpha value is -1.42. The van der Waals surface area contributed by atoms with E-state index in [1.165, 1.54) is 7.05 Å². The van der Waals surface area contributed by atoms with Gasteiger partial charge in [0, 0.05) is 12.6 Å². The third-order valence-corrected chi connectivity index (χ3v) is 2.40. The minimum atomic E-state index is -1.05. The number of nitrogens with zero attached hydrogens (tertiary/aromatic N) is 1. The fourth-order valence-electron chi connectivity index (χ4n) is 0.977. The molecular weight excluding hydrogens is 198 g/mol. The lowest BCUT2D eigenvalue weighted by atomic mass is 10.1. The summed E-state index contributed by atoms with van der Waals surface area (Å²) in [6.07, 6.45) is -1.05. The molecule has 4 heteroatoms. The summed E-state index contributed by atoms with van der Waals surface area (Å²) in [6, 6.07) is 7.43. The molecule has 0 unspecified atom stereocenters. The van der Waals surface area contributed by atoms with Crippen molar-refractivity contribution in [1.82, 2.24) is 4.90 Å². The highest BCUT2D eigenvalue weighted by Gasteiger charge is 2.12. The van der Waals surface area contributed by atoms with Crippen LogP contribution in [0.15, 0.2) is 24.3 Å². The highest BCUT2D eigenvalue weighted by atomic mass is 32.1. The third kappa shape index (κ3) is 2.29. The van der Waals surface area contributed by atoms with Crippen molar-refractivity contribution in [2.24, 2.45) is 0 Å². The lowest BCUT2D eigenvalue weighted by Gasteiger charge is -2.14. The van der Waals surface area contributed by atoms with Gasteiger partial charge >= 0.3 is 6.09 Å². The van der Waals surface area contributed by atoms with Crippen LogP contribution in [0, 0.1) is 6.92 Å². The standard InChI is InChI=1S/C10H11NO2S/c1-7-3-5-8(6-4-7)9(14)11(2)10(12)13/h3-6H,1-2H3,(H,12,13). The predicted octanol–water partition coefficient (Wildman–Crippen LogP) is 2.28. The highest BCUT2D eigenvalue weighted by molar-refractivity contribution is 7.80. The van der Waals surface area contributed by atoms with Gasteiger partial charge in [-0.1, -0.05) is 42.0 Å². The Labute approximate surface area is 88.0 Å². The summed E-state index contributed by atoms with van der Waals surface area (Å²) >= 11 is 5.01. The van der Waals surface area contributed by atoms with Crippen molar-refractivity contribution in [3.63, 3.8) is 0 Å². The molecule has 1 rings (SSSR count). The third-order valence-electron chi connectivity index (χ3n) is 1.89. The van der Waals surface area contributed by atoms with Crippen molar-refractivity contribution in [2.75, 3.05) is 7.05 Å². The number of rotatable bonds is 1. The second-order valence-corrected chi connectivity index (χ2v) is 3.40. The van der Waals surface area contributed by atoms with Gasteiger partial charge in [-0.15, -0.1) is 0 Å². The van der Waals surface area contributed by atoms with E-state index in [9.17, 15) is 4.79 Å². The van der Waals surface area contributed by atoms with Gasteiger partial charge in [0.1, 0.15) is 4.99 Å². The molecule has 0 spiro atoms. The van der Waals surface area contributed by atoms with Gasteiger partial charge in [-0.25, -0.2) is 4.79 Å². The molecule has 1 aromatic rings. The van der Waals surface area contributed by atoms with Gasteiger partial charge in [0.25, 0.3) is 0 Å². The highest BCUT2D eigenvalue weighted by Crippen LogP contribution is 2.07. The first-order chi connectivity index (χ1) is 6.52. The van der Waals surface area contributed by atoms with Crippen LogP contribution in [0.4, 0.5) is 4.79 Å². The molecule has 0 atom stereocenters. The number of hydrogen-bond acceptors (Lipinski definition) is 2. The van der Waals surface area contributed by atoms with E-state index >= 15 is 0 Å². The zero-order valence-corrected chi connectivity index (χ0v) is 8.84. The van der Waals surface area contributed by atoms with E-state index < -0.39 is 6.09 Å². The number of carbonyl (C=O) groups is 1. The van der Waals surface area contributed by atoms with Gasteiger partial charge in [0.15, 0.2) is 0 Å². The number of benzene rings is 1. The Morgan fingerprint density at radius 2 is 1.86 bits per heavy atom. The van der Waals surface area contributed by atoms with Gasteiger partial charge in [0.2, 0.25) is 0 Å². The predicted molar refractivity (Wildman–Crippen MR) is 58.7 cm³/mol. The summed E-state index contributed by atoms with van der Waals surface area (Å²) in [5, 5.41) is 8.71. The van der Waals surface area contributed by atoms with E-state index in [1.807, 2.05) is 31.2 Å². The summed E-state index contributed by atoms with van der Waals surface area (Å²) in [6.45, 7) is 1.97. The summed E-state index contributed by atoms with van der Waals surface area (Å²) in [5.41, 5.74) is 1.87. The molecule has 0 bridgehead atoms. The van der Waals surface area contributed by atoms with E-state index in [2.05, 4.69) is 0 Å². The van der Waals surface area contributed by atoms with Crippen molar-refractivity contribution in [2.45, 2.75) is 6.92 Å². The molecule has 14 heavy (non-hydrogen) atoms. The zero-order chi connectivity index (χ0) is 10.7. The zero-order valence-electron chi connectivity index (χ0n) is 8.02. The van der Waals surface area contributed by atoms with Crippen LogP contribution in [-0.2, 0) is 0 Å². The van der Waals surface area contributed by atoms with Crippen LogP contribution in [0.2, 0.25) is 0 Å². The molecular formula is C10H11NO2S. The molecule has 1 N–H and O–H groups in total. The maximum atomic E-state index is 10.6. The molecule has 0 aliphatic carbocycles. The topological polar surface area (TPSA) is 40.5 Å². The first-order valence-corrected chi connectivity index (χ1v) is 4.51. The Morgan fingerprint density at radius 3 is 2.29 bits per heavy atom. The minimum Gasteiger partial charge on any atom is -0.465 e. The Kier molecular flexibility index (Phi) is 3.19. The van der Waals surface area contributed by atoms with Crippen LogP contribution in [0.25, 0.3) is 0 Å². The summed E-state index contributed by atoms with van der Waals surface area (Å²) in [7, 11) is 1.44. The Morgan fingerprint density at radius 1 is 1.36 bits per heavy atom. The van der Waals surface area contributed by atoms with E-state index in [4.69, 9.17) is 17.3 Å². The average molecular weight is 209 g/mol. The molecule has 0 aliphatic rings. The Bertz CT molecular complexity index is 359. The maximum absolute atomic E-state index is 10.6. The van der Waals surface area contributed by atoms with E-state index in [0.717, 1.165) is 16.0 Å².